The summed E-state index contributed by atoms with van der Waals surface area (Å²) in [4.78, 5) is 9.88. The lowest BCUT2D eigenvalue weighted by atomic mass is 9.94. The second kappa shape index (κ2) is 5.41. The SMILES string of the molecule is c1ccc2c(-c3ccc4c(n3)CCCC4)c3ccccc3nc2c1. The van der Waals surface area contributed by atoms with Crippen LogP contribution in [0.3, 0.4) is 0 Å². The summed E-state index contributed by atoms with van der Waals surface area (Å²) in [5.41, 5.74) is 7.06. The van der Waals surface area contributed by atoms with Crippen LogP contribution in [0.1, 0.15) is 24.1 Å². The van der Waals surface area contributed by atoms with Gasteiger partial charge in [0.2, 0.25) is 0 Å². The van der Waals surface area contributed by atoms with Gasteiger partial charge in [-0.2, -0.15) is 0 Å². The van der Waals surface area contributed by atoms with E-state index in [0.717, 1.165) is 23.1 Å². The molecule has 0 spiro atoms. The van der Waals surface area contributed by atoms with Crippen molar-refractivity contribution in [2.24, 2.45) is 0 Å². The molecule has 1 aliphatic carbocycles. The highest BCUT2D eigenvalue weighted by molar-refractivity contribution is 6.08. The van der Waals surface area contributed by atoms with Gasteiger partial charge >= 0.3 is 0 Å². The third-order valence-electron chi connectivity index (χ3n) is 5.02. The summed E-state index contributed by atoms with van der Waals surface area (Å²) in [6, 6.07) is 21.2. The van der Waals surface area contributed by atoms with Crippen LogP contribution in [-0.2, 0) is 12.8 Å². The van der Waals surface area contributed by atoms with E-state index >= 15 is 0 Å². The Kier molecular flexibility index (Phi) is 3.08. The number of fused-ring (bicyclic) bond motifs is 3. The monoisotopic (exact) mass is 310 g/mol. The molecule has 0 saturated heterocycles. The van der Waals surface area contributed by atoms with E-state index in [1.807, 2.05) is 12.1 Å². The fourth-order valence-electron chi connectivity index (χ4n) is 3.84. The first-order chi connectivity index (χ1) is 11.9. The Labute approximate surface area is 141 Å². The summed E-state index contributed by atoms with van der Waals surface area (Å²) in [7, 11) is 0. The van der Waals surface area contributed by atoms with E-state index in [1.165, 1.54) is 46.9 Å². The summed E-state index contributed by atoms with van der Waals surface area (Å²) in [6.07, 6.45) is 4.81. The van der Waals surface area contributed by atoms with Crippen molar-refractivity contribution in [2.75, 3.05) is 0 Å². The van der Waals surface area contributed by atoms with E-state index in [4.69, 9.17) is 9.97 Å². The topological polar surface area (TPSA) is 25.8 Å². The minimum atomic E-state index is 1.03. The largest absolute Gasteiger partial charge is 0.253 e. The first-order valence-electron chi connectivity index (χ1n) is 8.67. The molecule has 2 aromatic heterocycles. The Balaban J connectivity index is 1.87. The van der Waals surface area contributed by atoms with E-state index in [-0.39, 0.29) is 0 Å². The van der Waals surface area contributed by atoms with Crippen molar-refractivity contribution >= 4 is 21.8 Å². The molecule has 2 heterocycles. The van der Waals surface area contributed by atoms with Crippen molar-refractivity contribution in [2.45, 2.75) is 25.7 Å². The summed E-state index contributed by atoms with van der Waals surface area (Å²) in [5.74, 6) is 0. The molecular weight excluding hydrogens is 292 g/mol. The highest BCUT2D eigenvalue weighted by Crippen LogP contribution is 2.34. The van der Waals surface area contributed by atoms with E-state index in [1.54, 1.807) is 0 Å². The minimum Gasteiger partial charge on any atom is -0.253 e. The fourth-order valence-corrected chi connectivity index (χ4v) is 3.84. The van der Waals surface area contributed by atoms with Crippen molar-refractivity contribution in [3.63, 3.8) is 0 Å². The molecule has 0 aliphatic heterocycles. The molecule has 2 heteroatoms. The Morgan fingerprint density at radius 3 is 2.04 bits per heavy atom. The zero-order valence-electron chi connectivity index (χ0n) is 13.5. The Morgan fingerprint density at radius 1 is 0.625 bits per heavy atom. The fraction of sp³-hybridized carbons (Fsp3) is 0.182. The second-order valence-corrected chi connectivity index (χ2v) is 6.53. The van der Waals surface area contributed by atoms with Crippen LogP contribution in [0.2, 0.25) is 0 Å². The Bertz CT molecular complexity index is 1010. The highest BCUT2D eigenvalue weighted by Gasteiger charge is 2.15. The molecule has 0 unspecified atom stereocenters. The van der Waals surface area contributed by atoms with Crippen LogP contribution in [0.15, 0.2) is 60.7 Å². The molecule has 0 radical (unpaired) electrons. The lowest BCUT2D eigenvalue weighted by Gasteiger charge is -2.17. The predicted molar refractivity (Wildman–Crippen MR) is 99.1 cm³/mol. The smallest absolute Gasteiger partial charge is 0.0719 e. The van der Waals surface area contributed by atoms with Crippen LogP contribution in [0.5, 0.6) is 0 Å². The van der Waals surface area contributed by atoms with Crippen LogP contribution < -0.4 is 0 Å². The molecular formula is C22H18N2. The number of nitrogens with zero attached hydrogens (tertiary/aromatic N) is 2. The third-order valence-corrected chi connectivity index (χ3v) is 5.02. The molecule has 24 heavy (non-hydrogen) atoms. The van der Waals surface area contributed by atoms with Crippen LogP contribution in [0, 0.1) is 0 Å². The van der Waals surface area contributed by atoms with E-state index in [9.17, 15) is 0 Å². The van der Waals surface area contributed by atoms with Crippen LogP contribution in [0.4, 0.5) is 0 Å². The van der Waals surface area contributed by atoms with Crippen LogP contribution in [-0.4, -0.2) is 9.97 Å². The normalized spacial score (nSPS) is 14.0. The molecule has 0 bridgehead atoms. The number of aryl methyl sites for hydroxylation is 2. The summed E-state index contributed by atoms with van der Waals surface area (Å²) in [5, 5.41) is 2.36. The van der Waals surface area contributed by atoms with Gasteiger partial charge in [-0.25, -0.2) is 4.98 Å². The maximum atomic E-state index is 5.06. The lowest BCUT2D eigenvalue weighted by molar-refractivity contribution is 0.669. The molecule has 1 aliphatic rings. The van der Waals surface area contributed by atoms with Crippen molar-refractivity contribution in [3.05, 3.63) is 71.9 Å². The maximum Gasteiger partial charge on any atom is 0.0719 e. The summed E-state index contributed by atoms with van der Waals surface area (Å²) >= 11 is 0. The first kappa shape index (κ1) is 13.7. The van der Waals surface area contributed by atoms with Gasteiger partial charge in [-0.1, -0.05) is 42.5 Å². The first-order valence-corrected chi connectivity index (χ1v) is 8.67. The third kappa shape index (κ3) is 2.10. The molecule has 2 aromatic carbocycles. The highest BCUT2D eigenvalue weighted by atomic mass is 14.7. The van der Waals surface area contributed by atoms with E-state index in [0.29, 0.717) is 0 Å². The molecule has 0 fully saturated rings. The predicted octanol–water partition coefficient (Wildman–Crippen LogP) is 5.33. The summed E-state index contributed by atoms with van der Waals surface area (Å²) < 4.78 is 0. The van der Waals surface area contributed by atoms with Gasteiger partial charge in [-0.15, -0.1) is 0 Å². The van der Waals surface area contributed by atoms with E-state index < -0.39 is 0 Å². The van der Waals surface area contributed by atoms with Gasteiger partial charge in [0.05, 0.1) is 16.7 Å². The average Bonchev–Trinajstić information content (AvgIpc) is 2.65. The average molecular weight is 310 g/mol. The number of benzene rings is 2. The quantitative estimate of drug-likeness (QED) is 0.444. The zero-order valence-corrected chi connectivity index (χ0v) is 13.5. The van der Waals surface area contributed by atoms with Crippen molar-refractivity contribution < 1.29 is 0 Å². The van der Waals surface area contributed by atoms with Crippen molar-refractivity contribution in [1.29, 1.82) is 0 Å². The van der Waals surface area contributed by atoms with Gasteiger partial charge in [-0.05, 0) is 49.4 Å². The number of aromatic nitrogens is 2. The molecule has 4 aromatic rings. The number of hydrogen-bond donors (Lipinski definition) is 0. The molecule has 0 N–H and O–H groups in total. The molecule has 2 nitrogen and oxygen atoms in total. The number of hydrogen-bond acceptors (Lipinski definition) is 2. The minimum absolute atomic E-state index is 1.03. The number of rotatable bonds is 1. The standard InChI is InChI=1S/C22H18N2/c1-4-10-18-15(7-1)13-14-21(23-18)22-16-8-2-5-11-19(16)24-20-12-6-3-9-17(20)22/h2-3,5-6,8-9,11-14H,1,4,7,10H2. The molecule has 0 saturated carbocycles. The van der Waals surface area contributed by atoms with Gasteiger partial charge in [-0.3, -0.25) is 4.98 Å². The van der Waals surface area contributed by atoms with Gasteiger partial charge in [0.1, 0.15) is 0 Å². The van der Waals surface area contributed by atoms with Crippen LogP contribution >= 0.6 is 0 Å². The molecule has 116 valence electrons. The van der Waals surface area contributed by atoms with Gasteiger partial charge in [0.15, 0.2) is 0 Å². The number of pyridine rings is 2. The zero-order chi connectivity index (χ0) is 15.9. The Hall–Kier alpha value is -2.74. The van der Waals surface area contributed by atoms with Gasteiger partial charge < -0.3 is 0 Å². The van der Waals surface area contributed by atoms with Crippen molar-refractivity contribution in [3.8, 4) is 11.3 Å². The molecule has 0 atom stereocenters. The van der Waals surface area contributed by atoms with E-state index in [2.05, 4.69) is 48.5 Å². The maximum absolute atomic E-state index is 5.06. The Morgan fingerprint density at radius 2 is 1.29 bits per heavy atom. The second-order valence-electron chi connectivity index (χ2n) is 6.53. The molecule has 5 rings (SSSR count). The molecule has 0 amide bonds. The lowest BCUT2D eigenvalue weighted by Crippen LogP contribution is -2.05. The van der Waals surface area contributed by atoms with Gasteiger partial charge in [0.25, 0.3) is 0 Å². The van der Waals surface area contributed by atoms with Gasteiger partial charge in [0, 0.05) is 22.0 Å². The summed E-state index contributed by atoms with van der Waals surface area (Å²) in [6.45, 7) is 0. The van der Waals surface area contributed by atoms with Crippen LogP contribution in [0.25, 0.3) is 33.1 Å². The van der Waals surface area contributed by atoms with Crippen molar-refractivity contribution in [1.82, 2.24) is 9.97 Å². The number of para-hydroxylation sites is 2.